The predicted octanol–water partition coefficient (Wildman–Crippen LogP) is 6.54. The first kappa shape index (κ1) is 21.3. The number of hydrogen-bond acceptors (Lipinski definition) is 2. The molecule has 0 aliphatic rings. The van der Waals surface area contributed by atoms with Crippen molar-refractivity contribution in [2.45, 2.75) is 20.3 Å². The summed E-state index contributed by atoms with van der Waals surface area (Å²) in [6, 6.07) is 27.9. The van der Waals surface area contributed by atoms with E-state index in [1.54, 1.807) is 11.3 Å². The Hall–Kier alpha value is -2.43. The van der Waals surface area contributed by atoms with Crippen LogP contribution in [0.2, 0.25) is 0 Å². The number of nitrogens with zero attached hydrogens (tertiary/aromatic N) is 2. The molecule has 2 nitrogen and oxygen atoms in total. The molecular formula is C25H25BrN2S. The van der Waals surface area contributed by atoms with Gasteiger partial charge in [-0.2, -0.15) is 0 Å². The summed E-state index contributed by atoms with van der Waals surface area (Å²) in [4.78, 5) is 5.98. The molecule has 0 aliphatic carbocycles. The Kier molecular flexibility index (Phi) is 7.24. The van der Waals surface area contributed by atoms with E-state index in [1.165, 1.54) is 27.9 Å². The van der Waals surface area contributed by atoms with Crippen molar-refractivity contribution in [3.05, 3.63) is 106 Å². The largest absolute Gasteiger partial charge is 0.285 e. The van der Waals surface area contributed by atoms with Gasteiger partial charge in [-0.3, -0.25) is 9.56 Å². The smallest absolute Gasteiger partial charge is 0.189 e. The third-order valence-electron chi connectivity index (χ3n) is 4.84. The Labute approximate surface area is 187 Å². The molecule has 0 N–H and O–H groups in total. The Bertz CT molecular complexity index is 1110. The second-order valence-electron chi connectivity index (χ2n) is 7.06. The van der Waals surface area contributed by atoms with E-state index >= 15 is 0 Å². The quantitative estimate of drug-likeness (QED) is 0.318. The van der Waals surface area contributed by atoms with Gasteiger partial charge < -0.3 is 0 Å². The Morgan fingerprint density at radius 2 is 1.41 bits per heavy atom. The molecule has 0 aliphatic heterocycles. The fourth-order valence-corrected chi connectivity index (χ4v) is 4.15. The lowest BCUT2D eigenvalue weighted by molar-refractivity contribution is 0.893. The Balaban J connectivity index is 0.00000240. The summed E-state index contributed by atoms with van der Waals surface area (Å²) in [5.41, 5.74) is 7.41. The molecule has 0 amide bonds. The number of thiazole rings is 1. The highest BCUT2D eigenvalue weighted by Crippen LogP contribution is 2.24. The van der Waals surface area contributed by atoms with E-state index in [-0.39, 0.29) is 17.0 Å². The highest BCUT2D eigenvalue weighted by molar-refractivity contribution is 8.93. The zero-order chi connectivity index (χ0) is 19.3. The fraction of sp³-hybridized carbons (Fsp3) is 0.160. The molecule has 0 fully saturated rings. The first-order valence-corrected chi connectivity index (χ1v) is 10.5. The van der Waals surface area contributed by atoms with Gasteiger partial charge in [0.25, 0.3) is 0 Å². The van der Waals surface area contributed by atoms with Gasteiger partial charge in [-0.1, -0.05) is 77.9 Å². The molecule has 1 aromatic heterocycles. The summed E-state index contributed by atoms with van der Waals surface area (Å²) in [6.45, 7) is 5.02. The molecule has 3 aromatic carbocycles. The van der Waals surface area contributed by atoms with Crippen LogP contribution in [-0.2, 0) is 6.42 Å². The minimum absolute atomic E-state index is 0. The monoisotopic (exact) mass is 464 g/mol. The summed E-state index contributed by atoms with van der Waals surface area (Å²) >= 11 is 1.71. The van der Waals surface area contributed by atoms with Crippen molar-refractivity contribution in [1.29, 1.82) is 0 Å². The van der Waals surface area contributed by atoms with Crippen LogP contribution in [0.15, 0.2) is 89.2 Å². The van der Waals surface area contributed by atoms with Gasteiger partial charge >= 0.3 is 0 Å². The topological polar surface area (TPSA) is 17.3 Å². The number of aryl methyl sites for hydroxylation is 2. The molecule has 148 valence electrons. The van der Waals surface area contributed by atoms with E-state index in [4.69, 9.17) is 4.99 Å². The van der Waals surface area contributed by atoms with Crippen LogP contribution in [0.3, 0.4) is 0 Å². The van der Waals surface area contributed by atoms with Crippen LogP contribution in [0.5, 0.6) is 0 Å². The third kappa shape index (κ3) is 5.14. The minimum Gasteiger partial charge on any atom is -0.285 e. The van der Waals surface area contributed by atoms with Crippen LogP contribution in [0.1, 0.15) is 16.7 Å². The van der Waals surface area contributed by atoms with Crippen molar-refractivity contribution in [2.24, 2.45) is 4.99 Å². The van der Waals surface area contributed by atoms with Gasteiger partial charge in [0, 0.05) is 17.6 Å². The second kappa shape index (κ2) is 9.86. The van der Waals surface area contributed by atoms with E-state index in [2.05, 4.69) is 103 Å². The van der Waals surface area contributed by atoms with Gasteiger partial charge in [0.2, 0.25) is 0 Å². The molecule has 0 saturated heterocycles. The molecular weight excluding hydrogens is 440 g/mol. The molecule has 0 bridgehead atoms. The van der Waals surface area contributed by atoms with Crippen LogP contribution in [-0.4, -0.2) is 11.1 Å². The molecule has 0 radical (unpaired) electrons. The lowest BCUT2D eigenvalue weighted by Gasteiger charge is -2.10. The van der Waals surface area contributed by atoms with Gasteiger partial charge in [0.05, 0.1) is 5.69 Å². The first-order chi connectivity index (χ1) is 13.7. The Morgan fingerprint density at radius 3 is 2.07 bits per heavy atom. The Morgan fingerprint density at radius 1 is 0.793 bits per heavy atom. The zero-order valence-corrected chi connectivity index (χ0v) is 19.2. The van der Waals surface area contributed by atoms with Crippen molar-refractivity contribution >= 4 is 28.3 Å². The highest BCUT2D eigenvalue weighted by Gasteiger charge is 2.10. The van der Waals surface area contributed by atoms with E-state index in [1.807, 2.05) is 0 Å². The van der Waals surface area contributed by atoms with E-state index < -0.39 is 0 Å². The molecule has 1 heterocycles. The summed E-state index contributed by atoms with van der Waals surface area (Å²) in [5.74, 6) is 0. The number of hydrogen-bond donors (Lipinski definition) is 0. The summed E-state index contributed by atoms with van der Waals surface area (Å²) < 4.78 is 2.28. The maximum absolute atomic E-state index is 4.95. The van der Waals surface area contributed by atoms with Crippen molar-refractivity contribution in [3.8, 4) is 16.9 Å². The van der Waals surface area contributed by atoms with Crippen molar-refractivity contribution in [3.63, 3.8) is 0 Å². The van der Waals surface area contributed by atoms with Crippen molar-refractivity contribution in [1.82, 2.24) is 4.57 Å². The standard InChI is InChI=1S/C25H24N2S.BrH/c1-19-8-12-22(13-9-19)24-18-28-25(26-17-16-21-6-4-3-5-7-21)27(24)23-14-10-20(2)11-15-23;/h3-15,18H,16-17H2,1-2H3;1H. The lowest BCUT2D eigenvalue weighted by Crippen LogP contribution is -2.15. The van der Waals surface area contributed by atoms with Crippen LogP contribution in [0.4, 0.5) is 0 Å². The van der Waals surface area contributed by atoms with Gasteiger partial charge in [0.1, 0.15) is 0 Å². The third-order valence-corrected chi connectivity index (χ3v) is 5.70. The molecule has 0 unspecified atom stereocenters. The second-order valence-corrected chi connectivity index (χ2v) is 7.89. The van der Waals surface area contributed by atoms with E-state index in [9.17, 15) is 0 Å². The van der Waals surface area contributed by atoms with Gasteiger partial charge in [0.15, 0.2) is 4.80 Å². The summed E-state index contributed by atoms with van der Waals surface area (Å²) in [5, 5.41) is 2.21. The van der Waals surface area contributed by atoms with E-state index in [0.29, 0.717) is 0 Å². The molecule has 29 heavy (non-hydrogen) atoms. The fourth-order valence-electron chi connectivity index (χ4n) is 3.22. The summed E-state index contributed by atoms with van der Waals surface area (Å²) in [6.07, 6.45) is 0.951. The molecule has 4 aromatic rings. The molecule has 4 heteroatoms. The number of halogens is 1. The first-order valence-electron chi connectivity index (χ1n) is 9.60. The van der Waals surface area contributed by atoms with Crippen LogP contribution < -0.4 is 4.80 Å². The van der Waals surface area contributed by atoms with Crippen LogP contribution >= 0.6 is 28.3 Å². The average Bonchev–Trinajstić information content (AvgIpc) is 3.14. The molecule has 0 spiro atoms. The van der Waals surface area contributed by atoms with Gasteiger partial charge in [-0.25, -0.2) is 0 Å². The summed E-state index contributed by atoms with van der Waals surface area (Å²) in [7, 11) is 0. The van der Waals surface area contributed by atoms with Crippen molar-refractivity contribution < 1.29 is 0 Å². The predicted molar refractivity (Wildman–Crippen MR) is 129 cm³/mol. The van der Waals surface area contributed by atoms with Crippen molar-refractivity contribution in [2.75, 3.05) is 6.54 Å². The zero-order valence-electron chi connectivity index (χ0n) is 16.7. The normalized spacial score (nSPS) is 11.3. The minimum atomic E-state index is 0. The average molecular weight is 465 g/mol. The molecule has 4 rings (SSSR count). The molecule has 0 atom stereocenters. The number of benzene rings is 3. The maximum atomic E-state index is 4.95. The van der Waals surface area contributed by atoms with Crippen LogP contribution in [0.25, 0.3) is 16.9 Å². The maximum Gasteiger partial charge on any atom is 0.189 e. The SMILES string of the molecule is Br.Cc1ccc(-c2csc(=NCCc3ccccc3)n2-c2ccc(C)cc2)cc1. The van der Waals surface area contributed by atoms with Gasteiger partial charge in [-0.15, -0.1) is 28.3 Å². The van der Waals surface area contributed by atoms with E-state index in [0.717, 1.165) is 23.5 Å². The van der Waals surface area contributed by atoms with Crippen LogP contribution in [0, 0.1) is 13.8 Å². The van der Waals surface area contributed by atoms with Gasteiger partial charge in [-0.05, 0) is 43.5 Å². The molecule has 0 saturated carbocycles. The lowest BCUT2D eigenvalue weighted by atomic mass is 10.1. The number of aromatic nitrogens is 1. The number of rotatable bonds is 5. The highest BCUT2D eigenvalue weighted by atomic mass is 79.9.